The fraction of sp³-hybridized carbons (Fsp3) is 0.704. The summed E-state index contributed by atoms with van der Waals surface area (Å²) >= 11 is 0. The van der Waals surface area contributed by atoms with Crippen LogP contribution in [-0.4, -0.2) is 24.8 Å². The predicted molar refractivity (Wildman–Crippen MR) is 133 cm³/mol. The molecule has 6 heteroatoms. The fourth-order valence-corrected chi connectivity index (χ4v) is 4.23. The average Bonchev–Trinajstić information content (AvgIpc) is 3.20. The van der Waals surface area contributed by atoms with Gasteiger partial charge in [0.1, 0.15) is 11.3 Å². The van der Waals surface area contributed by atoms with Gasteiger partial charge in [0, 0.05) is 0 Å². The molecule has 6 nitrogen and oxygen atoms in total. The number of methoxy groups -OCH3 is 1. The van der Waals surface area contributed by atoms with Crippen LogP contribution in [0, 0.1) is 0 Å². The van der Waals surface area contributed by atoms with Gasteiger partial charge in [0.2, 0.25) is 0 Å². The van der Waals surface area contributed by atoms with E-state index in [1.807, 2.05) is 0 Å². The molecular weight excluding hydrogens is 418 g/mol. The molecule has 0 saturated heterocycles. The third kappa shape index (κ3) is 10.1. The summed E-state index contributed by atoms with van der Waals surface area (Å²) in [6.07, 6.45) is 21.2. The average molecular weight is 462 g/mol. The molecule has 0 saturated carbocycles. The highest BCUT2D eigenvalue weighted by Crippen LogP contribution is 2.23. The van der Waals surface area contributed by atoms with Gasteiger partial charge in [-0.15, -0.1) is 0 Å². The van der Waals surface area contributed by atoms with Gasteiger partial charge in [-0.3, -0.25) is 0 Å². The van der Waals surface area contributed by atoms with E-state index < -0.39 is 11.6 Å². The maximum absolute atomic E-state index is 12.0. The molecule has 1 aromatic heterocycles. The van der Waals surface area contributed by atoms with Crippen molar-refractivity contribution in [2.24, 2.45) is 0 Å². The number of hydrogen-bond acceptors (Lipinski definition) is 5. The summed E-state index contributed by atoms with van der Waals surface area (Å²) in [6, 6.07) is 3.20. The first-order valence-corrected chi connectivity index (χ1v) is 13.0. The van der Waals surface area contributed by atoms with Gasteiger partial charge in [0.25, 0.3) is 0 Å². The molecule has 1 N–H and O–H groups in total. The maximum atomic E-state index is 12.0. The van der Waals surface area contributed by atoms with E-state index in [1.54, 1.807) is 12.1 Å². The molecule has 0 aliphatic heterocycles. The normalized spacial score (nSPS) is 11.2. The van der Waals surface area contributed by atoms with Crippen LogP contribution in [0.15, 0.2) is 21.5 Å². The van der Waals surface area contributed by atoms with E-state index in [2.05, 4.69) is 12.1 Å². The van der Waals surface area contributed by atoms with Crippen molar-refractivity contribution < 1.29 is 18.8 Å². The summed E-state index contributed by atoms with van der Waals surface area (Å²) in [5.41, 5.74) is 0.0486. The van der Waals surface area contributed by atoms with Gasteiger partial charge < -0.3 is 14.0 Å². The van der Waals surface area contributed by atoms with Gasteiger partial charge in [-0.25, -0.2) is 14.7 Å². The number of aromatic nitrogens is 1. The molecule has 0 aliphatic rings. The summed E-state index contributed by atoms with van der Waals surface area (Å²) in [5.74, 6) is -0.0549. The fourth-order valence-electron chi connectivity index (χ4n) is 4.23. The standard InChI is InChI=1S/C27H43NO5/c1-3-4-5-6-7-8-9-10-11-12-13-14-15-16-17-18-19-32-22-20-23(26(29)31-2)25-24(21-22)27(30)33-28-25/h20-21,28H,3-19H2,1-2H3. The SMILES string of the molecule is CCCCCCCCCCCCCCCCCCOc1cc(C(=O)OC)c2[nH]oc(=O)c2c1. The minimum atomic E-state index is -0.537. The molecule has 0 atom stereocenters. The number of carbonyl (C=O) groups is 1. The Hall–Kier alpha value is -2.24. The summed E-state index contributed by atoms with van der Waals surface area (Å²) in [6.45, 7) is 2.83. The number of benzene rings is 1. The molecule has 1 heterocycles. The second-order valence-corrected chi connectivity index (χ2v) is 9.03. The quantitative estimate of drug-likeness (QED) is 0.172. The maximum Gasteiger partial charge on any atom is 0.365 e. The van der Waals surface area contributed by atoms with Crippen LogP contribution in [0.2, 0.25) is 0 Å². The molecule has 0 spiro atoms. The zero-order valence-electron chi connectivity index (χ0n) is 20.7. The Morgan fingerprint density at radius 1 is 0.818 bits per heavy atom. The number of unbranched alkanes of at least 4 members (excludes halogenated alkanes) is 15. The lowest BCUT2D eigenvalue weighted by Crippen LogP contribution is -2.05. The van der Waals surface area contributed by atoms with Crippen molar-refractivity contribution in [3.8, 4) is 5.75 Å². The highest BCUT2D eigenvalue weighted by atomic mass is 16.5. The molecule has 2 aromatic rings. The second-order valence-electron chi connectivity index (χ2n) is 9.03. The number of H-pyrrole nitrogens is 1. The zero-order valence-corrected chi connectivity index (χ0v) is 20.7. The Kier molecular flexibility index (Phi) is 13.4. The highest BCUT2D eigenvalue weighted by Gasteiger charge is 2.17. The van der Waals surface area contributed by atoms with Crippen LogP contribution in [0.3, 0.4) is 0 Å². The van der Waals surface area contributed by atoms with Gasteiger partial charge in [0.15, 0.2) is 0 Å². The van der Waals surface area contributed by atoms with Gasteiger partial charge >= 0.3 is 11.6 Å². The first-order valence-electron chi connectivity index (χ1n) is 13.0. The first-order chi connectivity index (χ1) is 16.2. The highest BCUT2D eigenvalue weighted by molar-refractivity contribution is 6.03. The van der Waals surface area contributed by atoms with E-state index in [9.17, 15) is 9.59 Å². The molecule has 0 bridgehead atoms. The van der Waals surface area contributed by atoms with E-state index in [0.29, 0.717) is 23.3 Å². The Morgan fingerprint density at radius 2 is 1.33 bits per heavy atom. The number of hydrogen-bond donors (Lipinski definition) is 1. The first kappa shape index (κ1) is 27.0. The summed E-state index contributed by atoms with van der Waals surface area (Å²) in [7, 11) is 1.30. The van der Waals surface area contributed by atoms with Gasteiger partial charge in [-0.05, 0) is 18.6 Å². The van der Waals surface area contributed by atoms with E-state index >= 15 is 0 Å². The molecule has 0 radical (unpaired) electrons. The third-order valence-electron chi connectivity index (χ3n) is 6.25. The van der Waals surface area contributed by atoms with Crippen molar-refractivity contribution in [1.29, 1.82) is 0 Å². The molecule has 33 heavy (non-hydrogen) atoms. The van der Waals surface area contributed by atoms with E-state index in [-0.39, 0.29) is 5.56 Å². The van der Waals surface area contributed by atoms with Gasteiger partial charge in [-0.2, -0.15) is 0 Å². The van der Waals surface area contributed by atoms with Crippen LogP contribution in [0.5, 0.6) is 5.75 Å². The van der Waals surface area contributed by atoms with Crippen LogP contribution in [0.4, 0.5) is 0 Å². The molecule has 0 fully saturated rings. The molecule has 0 aliphatic carbocycles. The number of fused-ring (bicyclic) bond motifs is 1. The smallest absolute Gasteiger partial charge is 0.365 e. The van der Waals surface area contributed by atoms with Crippen molar-refractivity contribution >= 4 is 16.9 Å². The number of carbonyl (C=O) groups excluding carboxylic acids is 1. The number of ether oxygens (including phenoxy) is 2. The van der Waals surface area contributed by atoms with Crippen molar-refractivity contribution in [2.75, 3.05) is 13.7 Å². The molecule has 2 rings (SSSR count). The van der Waals surface area contributed by atoms with E-state index in [4.69, 9.17) is 14.0 Å². The molecule has 186 valence electrons. The van der Waals surface area contributed by atoms with Crippen LogP contribution < -0.4 is 10.4 Å². The van der Waals surface area contributed by atoms with Crippen molar-refractivity contribution in [3.05, 3.63) is 28.1 Å². The summed E-state index contributed by atoms with van der Waals surface area (Å²) < 4.78 is 15.4. The molecule has 0 amide bonds. The van der Waals surface area contributed by atoms with Gasteiger partial charge in [0.05, 0.1) is 24.7 Å². The van der Waals surface area contributed by atoms with Gasteiger partial charge in [-0.1, -0.05) is 103 Å². The monoisotopic (exact) mass is 461 g/mol. The molecule has 0 unspecified atom stereocenters. The number of esters is 1. The van der Waals surface area contributed by atoms with Crippen LogP contribution in [0.1, 0.15) is 120 Å². The largest absolute Gasteiger partial charge is 0.494 e. The Labute approximate surface area is 198 Å². The minimum Gasteiger partial charge on any atom is -0.494 e. The van der Waals surface area contributed by atoms with Crippen LogP contribution in [-0.2, 0) is 4.74 Å². The lowest BCUT2D eigenvalue weighted by molar-refractivity contribution is 0.0602. The van der Waals surface area contributed by atoms with Crippen molar-refractivity contribution in [1.82, 2.24) is 5.16 Å². The van der Waals surface area contributed by atoms with E-state index in [1.165, 1.54) is 97.0 Å². The van der Waals surface area contributed by atoms with Crippen molar-refractivity contribution in [3.63, 3.8) is 0 Å². The summed E-state index contributed by atoms with van der Waals surface area (Å²) in [4.78, 5) is 23.8. The number of aromatic amines is 1. The van der Waals surface area contributed by atoms with Crippen molar-refractivity contribution in [2.45, 2.75) is 110 Å². The topological polar surface area (TPSA) is 81.5 Å². The molecule has 1 aromatic carbocycles. The van der Waals surface area contributed by atoms with Crippen LogP contribution in [0.25, 0.3) is 10.9 Å². The Balaban J connectivity index is 1.49. The van der Waals surface area contributed by atoms with Crippen LogP contribution >= 0.6 is 0 Å². The third-order valence-corrected chi connectivity index (χ3v) is 6.25. The lowest BCUT2D eigenvalue weighted by atomic mass is 10.0. The number of rotatable bonds is 19. The number of nitrogens with one attached hydrogen (secondary N) is 1. The Morgan fingerprint density at radius 3 is 1.85 bits per heavy atom. The minimum absolute atomic E-state index is 0.239. The summed E-state index contributed by atoms with van der Waals surface area (Å²) in [5, 5.41) is 2.77. The lowest BCUT2D eigenvalue weighted by Gasteiger charge is -2.08. The van der Waals surface area contributed by atoms with E-state index in [0.717, 1.165) is 12.8 Å². The molecular formula is C27H43NO5. The zero-order chi connectivity index (χ0) is 23.7. The Bertz CT molecular complexity index is 854. The second kappa shape index (κ2) is 16.4. The predicted octanol–water partition coefficient (Wildman–Crippen LogP) is 7.55.